The third-order valence-corrected chi connectivity index (χ3v) is 3.33. The molecule has 19 heavy (non-hydrogen) atoms. The van der Waals surface area contributed by atoms with Crippen LogP contribution < -0.4 is 0 Å². The van der Waals surface area contributed by atoms with Crippen molar-refractivity contribution in [3.8, 4) is 0 Å². The molecule has 0 amide bonds. The summed E-state index contributed by atoms with van der Waals surface area (Å²) in [6.07, 6.45) is 15.1. The average molecular weight is 268 g/mol. The summed E-state index contributed by atoms with van der Waals surface area (Å²) in [4.78, 5) is 11.4. The molecule has 3 heteroatoms. The van der Waals surface area contributed by atoms with E-state index < -0.39 is 0 Å². The van der Waals surface area contributed by atoms with E-state index in [0.717, 1.165) is 38.7 Å². The number of hydrogen-bond donors (Lipinski definition) is 0. The molecule has 0 unspecified atom stereocenters. The minimum absolute atomic E-state index is 0.0371. The van der Waals surface area contributed by atoms with Gasteiger partial charge in [0.05, 0.1) is 13.2 Å². The van der Waals surface area contributed by atoms with E-state index in [1.807, 2.05) is 0 Å². The molecular formula is C16H28O3. The first-order chi connectivity index (χ1) is 9.39. The van der Waals surface area contributed by atoms with Gasteiger partial charge in [0.1, 0.15) is 0 Å². The number of ether oxygens (including phenoxy) is 2. The zero-order valence-corrected chi connectivity index (χ0v) is 12.1. The number of cyclic esters (lactones) is 1. The third-order valence-electron chi connectivity index (χ3n) is 3.33. The number of rotatable bonds is 0. The molecule has 0 spiro atoms. The summed E-state index contributed by atoms with van der Waals surface area (Å²) in [5.74, 6) is -0.0371. The van der Waals surface area contributed by atoms with Crippen molar-refractivity contribution in [1.29, 1.82) is 0 Å². The molecule has 0 aromatic rings. The normalized spacial score (nSPS) is 22.2. The van der Waals surface area contributed by atoms with Crippen LogP contribution >= 0.6 is 0 Å². The largest absolute Gasteiger partial charge is 0.466 e. The van der Waals surface area contributed by atoms with Crippen LogP contribution in [0.25, 0.3) is 0 Å². The Labute approximate surface area is 117 Å². The van der Waals surface area contributed by atoms with Gasteiger partial charge in [0.2, 0.25) is 0 Å². The molecule has 0 aromatic heterocycles. The van der Waals surface area contributed by atoms with Gasteiger partial charge in [-0.25, -0.2) is 0 Å². The molecule has 1 heterocycles. The summed E-state index contributed by atoms with van der Waals surface area (Å²) < 4.78 is 10.7. The quantitative estimate of drug-likeness (QED) is 0.492. The Morgan fingerprint density at radius 3 is 2.42 bits per heavy atom. The summed E-state index contributed by atoms with van der Waals surface area (Å²) in [6, 6.07) is 0. The van der Waals surface area contributed by atoms with Gasteiger partial charge in [0, 0.05) is 13.0 Å². The van der Waals surface area contributed by atoms with Crippen LogP contribution in [-0.4, -0.2) is 25.8 Å². The first-order valence-corrected chi connectivity index (χ1v) is 7.78. The molecule has 0 aliphatic carbocycles. The molecular weight excluding hydrogens is 240 g/mol. The van der Waals surface area contributed by atoms with E-state index in [4.69, 9.17) is 9.47 Å². The minimum atomic E-state index is -0.0371. The Hall–Kier alpha value is -0.830. The highest BCUT2D eigenvalue weighted by Gasteiger charge is 2.02. The zero-order valence-electron chi connectivity index (χ0n) is 12.1. The molecule has 0 aromatic carbocycles. The standard InChI is InChI=1S/C16H28O3/c17-16-12-8-6-4-2-1-3-5-7-9-13-18-14-10-11-15-19-16/h7,9H,1-6,8,10-15H2. The number of hydrogen-bond acceptors (Lipinski definition) is 3. The van der Waals surface area contributed by atoms with Gasteiger partial charge in [0.15, 0.2) is 0 Å². The van der Waals surface area contributed by atoms with E-state index in [2.05, 4.69) is 12.2 Å². The van der Waals surface area contributed by atoms with E-state index >= 15 is 0 Å². The maximum atomic E-state index is 11.4. The van der Waals surface area contributed by atoms with Gasteiger partial charge >= 0.3 is 5.97 Å². The average Bonchev–Trinajstić information content (AvgIpc) is 2.41. The molecule has 0 fully saturated rings. The molecule has 0 atom stereocenters. The lowest BCUT2D eigenvalue weighted by Crippen LogP contribution is -2.06. The monoisotopic (exact) mass is 268 g/mol. The van der Waals surface area contributed by atoms with Gasteiger partial charge < -0.3 is 9.47 Å². The predicted molar refractivity (Wildman–Crippen MR) is 77.1 cm³/mol. The fraction of sp³-hybridized carbons (Fsp3) is 0.812. The van der Waals surface area contributed by atoms with Crippen molar-refractivity contribution in [3.05, 3.63) is 12.2 Å². The Bertz CT molecular complexity index is 248. The van der Waals surface area contributed by atoms with Crippen LogP contribution in [0.1, 0.15) is 64.2 Å². The van der Waals surface area contributed by atoms with Crippen LogP contribution in [0, 0.1) is 0 Å². The highest BCUT2D eigenvalue weighted by molar-refractivity contribution is 5.69. The molecule has 0 bridgehead atoms. The zero-order chi connectivity index (χ0) is 13.6. The van der Waals surface area contributed by atoms with Gasteiger partial charge in [-0.05, 0) is 32.1 Å². The van der Waals surface area contributed by atoms with Crippen molar-refractivity contribution in [2.24, 2.45) is 0 Å². The molecule has 0 saturated heterocycles. The highest BCUT2D eigenvalue weighted by Crippen LogP contribution is 2.09. The topological polar surface area (TPSA) is 35.5 Å². The van der Waals surface area contributed by atoms with E-state index in [-0.39, 0.29) is 5.97 Å². The minimum Gasteiger partial charge on any atom is -0.466 e. The fourth-order valence-corrected chi connectivity index (χ4v) is 2.14. The molecule has 1 aliphatic rings. The lowest BCUT2D eigenvalue weighted by Gasteiger charge is -2.06. The van der Waals surface area contributed by atoms with Crippen LogP contribution in [0.4, 0.5) is 0 Å². The second-order valence-corrected chi connectivity index (χ2v) is 5.13. The van der Waals surface area contributed by atoms with Crippen LogP contribution in [0.3, 0.4) is 0 Å². The summed E-state index contributed by atoms with van der Waals surface area (Å²) in [6.45, 7) is 2.00. The van der Waals surface area contributed by atoms with Crippen molar-refractivity contribution >= 4 is 5.97 Å². The molecule has 3 nitrogen and oxygen atoms in total. The SMILES string of the molecule is O=C1CCCCCCCCC=CCOCCCCO1. The molecule has 1 aliphatic heterocycles. The van der Waals surface area contributed by atoms with Crippen LogP contribution in [0.2, 0.25) is 0 Å². The summed E-state index contributed by atoms with van der Waals surface area (Å²) in [7, 11) is 0. The predicted octanol–water partition coefficient (Wildman–Crippen LogP) is 4.02. The second-order valence-electron chi connectivity index (χ2n) is 5.13. The van der Waals surface area contributed by atoms with E-state index in [9.17, 15) is 4.79 Å². The van der Waals surface area contributed by atoms with Crippen molar-refractivity contribution in [2.75, 3.05) is 19.8 Å². The maximum Gasteiger partial charge on any atom is 0.305 e. The number of carbonyl (C=O) groups excluding carboxylic acids is 1. The lowest BCUT2D eigenvalue weighted by atomic mass is 10.1. The second kappa shape index (κ2) is 12.2. The Kier molecular flexibility index (Phi) is 10.4. The van der Waals surface area contributed by atoms with Crippen LogP contribution in [-0.2, 0) is 14.3 Å². The number of carbonyl (C=O) groups is 1. The van der Waals surface area contributed by atoms with E-state index in [0.29, 0.717) is 19.6 Å². The third kappa shape index (κ3) is 10.8. The highest BCUT2D eigenvalue weighted by atomic mass is 16.5. The molecule has 0 saturated carbocycles. The molecule has 0 N–H and O–H groups in total. The van der Waals surface area contributed by atoms with E-state index in [1.165, 1.54) is 25.7 Å². The first-order valence-electron chi connectivity index (χ1n) is 7.78. The van der Waals surface area contributed by atoms with E-state index in [1.54, 1.807) is 0 Å². The van der Waals surface area contributed by atoms with Crippen molar-refractivity contribution in [2.45, 2.75) is 64.2 Å². The molecule has 0 radical (unpaired) electrons. The Morgan fingerprint density at radius 2 is 1.53 bits per heavy atom. The first kappa shape index (κ1) is 16.2. The van der Waals surface area contributed by atoms with Gasteiger partial charge in [-0.1, -0.05) is 37.8 Å². The maximum absolute atomic E-state index is 11.4. The summed E-state index contributed by atoms with van der Waals surface area (Å²) >= 11 is 0. The molecule has 1 rings (SSSR count). The van der Waals surface area contributed by atoms with Crippen molar-refractivity contribution in [1.82, 2.24) is 0 Å². The van der Waals surface area contributed by atoms with Crippen molar-refractivity contribution < 1.29 is 14.3 Å². The summed E-state index contributed by atoms with van der Waals surface area (Å²) in [5, 5.41) is 0. The molecule has 110 valence electrons. The van der Waals surface area contributed by atoms with Gasteiger partial charge in [-0.15, -0.1) is 0 Å². The number of allylic oxidation sites excluding steroid dienone is 1. The lowest BCUT2D eigenvalue weighted by molar-refractivity contribution is -0.144. The van der Waals surface area contributed by atoms with Gasteiger partial charge in [0.25, 0.3) is 0 Å². The fourth-order valence-electron chi connectivity index (χ4n) is 2.14. The van der Waals surface area contributed by atoms with Crippen LogP contribution in [0.5, 0.6) is 0 Å². The van der Waals surface area contributed by atoms with Crippen LogP contribution in [0.15, 0.2) is 12.2 Å². The van der Waals surface area contributed by atoms with Gasteiger partial charge in [-0.3, -0.25) is 4.79 Å². The summed E-state index contributed by atoms with van der Waals surface area (Å²) in [5.41, 5.74) is 0. The smallest absolute Gasteiger partial charge is 0.305 e. The van der Waals surface area contributed by atoms with Gasteiger partial charge in [-0.2, -0.15) is 0 Å². The Balaban J connectivity index is 2.16. The van der Waals surface area contributed by atoms with Crippen molar-refractivity contribution in [3.63, 3.8) is 0 Å². The Morgan fingerprint density at radius 1 is 0.789 bits per heavy atom. The number of esters is 1.